The SMILES string of the molecule is Cc1cccc(C(=O)Cc2ccc(C(C)C)cc2)c1C. The van der Waals surface area contributed by atoms with Crippen molar-refractivity contribution in [2.45, 2.75) is 40.0 Å². The Morgan fingerprint density at radius 1 is 1.00 bits per heavy atom. The van der Waals surface area contributed by atoms with Gasteiger partial charge in [0.15, 0.2) is 5.78 Å². The second-order valence-corrected chi connectivity index (χ2v) is 5.74. The lowest BCUT2D eigenvalue weighted by atomic mass is 9.95. The molecule has 2 rings (SSSR count). The third-order valence-electron chi connectivity index (χ3n) is 3.92. The zero-order valence-electron chi connectivity index (χ0n) is 12.7. The first-order valence-electron chi connectivity index (χ1n) is 7.17. The van der Waals surface area contributed by atoms with Crippen LogP contribution in [0.2, 0.25) is 0 Å². The minimum Gasteiger partial charge on any atom is -0.294 e. The predicted molar refractivity (Wildman–Crippen MR) is 84.5 cm³/mol. The Balaban J connectivity index is 2.17. The number of ketones is 1. The van der Waals surface area contributed by atoms with E-state index < -0.39 is 0 Å². The van der Waals surface area contributed by atoms with Crippen LogP contribution in [0.1, 0.15) is 52.4 Å². The topological polar surface area (TPSA) is 17.1 Å². The summed E-state index contributed by atoms with van der Waals surface area (Å²) < 4.78 is 0. The predicted octanol–water partition coefficient (Wildman–Crippen LogP) is 4.85. The van der Waals surface area contributed by atoms with Gasteiger partial charge in [-0.05, 0) is 42.0 Å². The summed E-state index contributed by atoms with van der Waals surface area (Å²) in [5.74, 6) is 0.724. The summed E-state index contributed by atoms with van der Waals surface area (Å²) in [6.07, 6.45) is 0.475. The van der Waals surface area contributed by atoms with Crippen molar-refractivity contribution in [1.29, 1.82) is 0 Å². The van der Waals surface area contributed by atoms with Crippen LogP contribution in [0.5, 0.6) is 0 Å². The van der Waals surface area contributed by atoms with E-state index in [9.17, 15) is 4.79 Å². The molecule has 0 aromatic heterocycles. The highest BCUT2D eigenvalue weighted by atomic mass is 16.1. The van der Waals surface area contributed by atoms with E-state index in [1.807, 2.05) is 32.0 Å². The van der Waals surface area contributed by atoms with E-state index in [0.717, 1.165) is 16.7 Å². The quantitative estimate of drug-likeness (QED) is 0.723. The fourth-order valence-corrected chi connectivity index (χ4v) is 2.35. The van der Waals surface area contributed by atoms with Crippen LogP contribution in [0.25, 0.3) is 0 Å². The molecule has 0 atom stereocenters. The molecule has 0 aliphatic rings. The maximum Gasteiger partial charge on any atom is 0.167 e. The van der Waals surface area contributed by atoms with Crippen LogP contribution in [0.3, 0.4) is 0 Å². The van der Waals surface area contributed by atoms with Crippen LogP contribution in [0.15, 0.2) is 42.5 Å². The Labute approximate surface area is 121 Å². The Bertz CT molecular complexity index is 606. The van der Waals surface area contributed by atoms with Gasteiger partial charge in [-0.1, -0.05) is 56.3 Å². The van der Waals surface area contributed by atoms with Gasteiger partial charge in [-0.3, -0.25) is 4.79 Å². The highest BCUT2D eigenvalue weighted by Gasteiger charge is 2.11. The van der Waals surface area contributed by atoms with Gasteiger partial charge in [-0.15, -0.1) is 0 Å². The third-order valence-corrected chi connectivity index (χ3v) is 3.92. The second-order valence-electron chi connectivity index (χ2n) is 5.74. The number of Topliss-reactive ketones (excluding diaryl/α,β-unsaturated/α-hetero) is 1. The molecule has 0 heterocycles. The van der Waals surface area contributed by atoms with Crippen molar-refractivity contribution in [2.24, 2.45) is 0 Å². The van der Waals surface area contributed by atoms with E-state index in [4.69, 9.17) is 0 Å². The summed E-state index contributed by atoms with van der Waals surface area (Å²) in [5, 5.41) is 0. The van der Waals surface area contributed by atoms with Crippen LogP contribution >= 0.6 is 0 Å². The molecule has 0 unspecified atom stereocenters. The van der Waals surface area contributed by atoms with Crippen molar-refractivity contribution in [2.75, 3.05) is 0 Å². The molecule has 0 bridgehead atoms. The molecule has 0 amide bonds. The second kappa shape index (κ2) is 6.04. The normalized spacial score (nSPS) is 10.8. The number of aryl methyl sites for hydroxylation is 1. The van der Waals surface area contributed by atoms with Gasteiger partial charge in [-0.2, -0.15) is 0 Å². The largest absolute Gasteiger partial charge is 0.294 e. The van der Waals surface area contributed by atoms with Crippen LogP contribution in [-0.2, 0) is 6.42 Å². The van der Waals surface area contributed by atoms with Gasteiger partial charge in [-0.25, -0.2) is 0 Å². The van der Waals surface area contributed by atoms with Crippen molar-refractivity contribution in [3.8, 4) is 0 Å². The molecule has 0 spiro atoms. The lowest BCUT2D eigenvalue weighted by molar-refractivity contribution is 0.0992. The molecule has 0 saturated carbocycles. The van der Waals surface area contributed by atoms with E-state index >= 15 is 0 Å². The maximum atomic E-state index is 12.4. The Morgan fingerprint density at radius 2 is 1.65 bits per heavy atom. The van der Waals surface area contributed by atoms with E-state index in [1.165, 1.54) is 11.1 Å². The molecule has 0 aliphatic carbocycles. The van der Waals surface area contributed by atoms with Crippen molar-refractivity contribution < 1.29 is 4.79 Å². The third kappa shape index (κ3) is 3.16. The lowest BCUT2D eigenvalue weighted by Gasteiger charge is -2.09. The number of hydrogen-bond acceptors (Lipinski definition) is 1. The van der Waals surface area contributed by atoms with Gasteiger partial charge in [0.05, 0.1) is 0 Å². The molecule has 0 N–H and O–H groups in total. The van der Waals surface area contributed by atoms with E-state index in [1.54, 1.807) is 0 Å². The number of benzene rings is 2. The van der Waals surface area contributed by atoms with Gasteiger partial charge >= 0.3 is 0 Å². The van der Waals surface area contributed by atoms with E-state index in [-0.39, 0.29) is 5.78 Å². The highest BCUT2D eigenvalue weighted by molar-refractivity contribution is 5.99. The van der Waals surface area contributed by atoms with Crippen molar-refractivity contribution in [3.63, 3.8) is 0 Å². The molecule has 104 valence electrons. The van der Waals surface area contributed by atoms with Crippen LogP contribution in [0.4, 0.5) is 0 Å². The van der Waals surface area contributed by atoms with E-state index in [2.05, 4.69) is 38.1 Å². The summed E-state index contributed by atoms with van der Waals surface area (Å²) in [4.78, 5) is 12.4. The Hall–Kier alpha value is -1.89. The smallest absolute Gasteiger partial charge is 0.167 e. The van der Waals surface area contributed by atoms with Gasteiger partial charge in [0.1, 0.15) is 0 Å². The molecule has 20 heavy (non-hydrogen) atoms. The highest BCUT2D eigenvalue weighted by Crippen LogP contribution is 2.18. The monoisotopic (exact) mass is 266 g/mol. The van der Waals surface area contributed by atoms with Crippen LogP contribution in [-0.4, -0.2) is 5.78 Å². The summed E-state index contributed by atoms with van der Waals surface area (Å²) in [6.45, 7) is 8.42. The minimum atomic E-state index is 0.198. The summed E-state index contributed by atoms with van der Waals surface area (Å²) in [7, 11) is 0. The van der Waals surface area contributed by atoms with Crippen molar-refractivity contribution in [1.82, 2.24) is 0 Å². The number of carbonyl (C=O) groups is 1. The number of hydrogen-bond donors (Lipinski definition) is 0. The van der Waals surface area contributed by atoms with Crippen molar-refractivity contribution in [3.05, 3.63) is 70.3 Å². The zero-order chi connectivity index (χ0) is 14.7. The summed E-state index contributed by atoms with van der Waals surface area (Å²) in [5.41, 5.74) is 5.51. The standard InChI is InChI=1S/C19H22O/c1-13(2)17-10-8-16(9-11-17)12-19(20)18-7-5-6-14(3)15(18)4/h5-11,13H,12H2,1-4H3. The molecule has 0 saturated heterocycles. The Kier molecular flexibility index (Phi) is 4.39. The number of carbonyl (C=O) groups excluding carboxylic acids is 1. The van der Waals surface area contributed by atoms with Crippen LogP contribution in [0, 0.1) is 13.8 Å². The molecule has 2 aromatic carbocycles. The van der Waals surface area contributed by atoms with Crippen LogP contribution < -0.4 is 0 Å². The molecular formula is C19H22O. The Morgan fingerprint density at radius 3 is 2.25 bits per heavy atom. The zero-order valence-corrected chi connectivity index (χ0v) is 12.7. The summed E-state index contributed by atoms with van der Waals surface area (Å²) in [6, 6.07) is 14.3. The van der Waals surface area contributed by atoms with Crippen molar-refractivity contribution >= 4 is 5.78 Å². The van der Waals surface area contributed by atoms with E-state index in [0.29, 0.717) is 12.3 Å². The van der Waals surface area contributed by atoms with Gasteiger partial charge < -0.3 is 0 Å². The maximum absolute atomic E-state index is 12.4. The molecule has 0 aliphatic heterocycles. The van der Waals surface area contributed by atoms with Gasteiger partial charge in [0.25, 0.3) is 0 Å². The molecule has 1 heteroatoms. The average molecular weight is 266 g/mol. The van der Waals surface area contributed by atoms with Gasteiger partial charge in [0.2, 0.25) is 0 Å². The molecular weight excluding hydrogens is 244 g/mol. The molecule has 1 nitrogen and oxygen atoms in total. The fourth-order valence-electron chi connectivity index (χ4n) is 2.35. The first-order valence-corrected chi connectivity index (χ1v) is 7.17. The lowest BCUT2D eigenvalue weighted by Crippen LogP contribution is -2.06. The number of rotatable bonds is 4. The molecule has 0 radical (unpaired) electrons. The first-order chi connectivity index (χ1) is 9.49. The minimum absolute atomic E-state index is 0.198. The fraction of sp³-hybridized carbons (Fsp3) is 0.316. The van der Waals surface area contributed by atoms with Gasteiger partial charge in [0, 0.05) is 12.0 Å². The summed E-state index contributed by atoms with van der Waals surface area (Å²) >= 11 is 0. The first kappa shape index (κ1) is 14.5. The molecule has 0 fully saturated rings. The molecule has 2 aromatic rings. The average Bonchev–Trinajstić information content (AvgIpc) is 2.42.